The highest BCUT2D eigenvalue weighted by atomic mass is 16.6. The molecule has 32 heavy (non-hydrogen) atoms. The summed E-state index contributed by atoms with van der Waals surface area (Å²) in [7, 11) is 2.34. The number of amides is 1. The molecule has 0 aliphatic carbocycles. The first-order chi connectivity index (χ1) is 15.2. The van der Waals surface area contributed by atoms with Gasteiger partial charge in [0.1, 0.15) is 5.75 Å². The van der Waals surface area contributed by atoms with E-state index in [1.165, 1.54) is 13.2 Å². The second-order valence-electron chi connectivity index (χ2n) is 7.46. The third-order valence-corrected chi connectivity index (χ3v) is 5.08. The smallest absolute Gasteiger partial charge is 0.408 e. The second-order valence-corrected chi connectivity index (χ2v) is 7.46. The Kier molecular flexibility index (Phi) is 8.12. The standard InChI is InChI=1S/C24H27NO7/c1-15(2)17-10-11-19(20(12-17)32-13-21(27)30-4)24(14-26,25-23(29)31-5)22(28)18-9-7-6-8-16(18)3/h6-12,14-15H,13H2,1-5H3,(H,25,29). The van der Waals surface area contributed by atoms with Crippen molar-refractivity contribution in [1.82, 2.24) is 5.32 Å². The SMILES string of the molecule is COC(=O)COc1cc(C(C)C)ccc1C(C=O)(NC(=O)OC)C(=O)c1ccccc1C. The average molecular weight is 441 g/mol. The molecule has 1 unspecified atom stereocenters. The van der Waals surface area contributed by atoms with Crippen LogP contribution in [0.5, 0.6) is 5.75 Å². The number of hydrogen-bond acceptors (Lipinski definition) is 7. The van der Waals surface area contributed by atoms with Crippen molar-refractivity contribution in [3.05, 3.63) is 64.7 Å². The van der Waals surface area contributed by atoms with E-state index in [0.29, 0.717) is 11.8 Å². The van der Waals surface area contributed by atoms with Crippen molar-refractivity contribution in [1.29, 1.82) is 0 Å². The molecule has 170 valence electrons. The minimum absolute atomic E-state index is 0.0689. The number of carbonyl (C=O) groups is 4. The Labute approximate surface area is 186 Å². The maximum Gasteiger partial charge on any atom is 0.408 e. The lowest BCUT2D eigenvalue weighted by Crippen LogP contribution is -2.53. The van der Waals surface area contributed by atoms with Crippen LogP contribution in [0.1, 0.15) is 46.8 Å². The van der Waals surface area contributed by atoms with Crippen LogP contribution in [0.15, 0.2) is 42.5 Å². The summed E-state index contributed by atoms with van der Waals surface area (Å²) >= 11 is 0. The largest absolute Gasteiger partial charge is 0.481 e. The van der Waals surface area contributed by atoms with E-state index in [-0.39, 0.29) is 22.8 Å². The van der Waals surface area contributed by atoms with E-state index in [0.717, 1.165) is 12.7 Å². The molecule has 8 nitrogen and oxygen atoms in total. The minimum atomic E-state index is -2.15. The molecule has 8 heteroatoms. The Morgan fingerprint density at radius 2 is 1.75 bits per heavy atom. The summed E-state index contributed by atoms with van der Waals surface area (Å²) in [6.07, 6.45) is -0.639. The number of rotatable bonds is 9. The number of carbonyl (C=O) groups excluding carboxylic acids is 4. The average Bonchev–Trinajstić information content (AvgIpc) is 2.80. The Hall–Kier alpha value is -3.68. The number of aldehydes is 1. The van der Waals surface area contributed by atoms with Gasteiger partial charge in [-0.05, 0) is 30.0 Å². The number of aryl methyl sites for hydroxylation is 1. The molecule has 2 aromatic rings. The van der Waals surface area contributed by atoms with Crippen LogP contribution in [0, 0.1) is 6.92 Å². The van der Waals surface area contributed by atoms with Gasteiger partial charge in [0.05, 0.1) is 14.2 Å². The first kappa shape index (κ1) is 24.6. The molecule has 0 saturated heterocycles. The van der Waals surface area contributed by atoms with E-state index in [9.17, 15) is 19.2 Å². The van der Waals surface area contributed by atoms with E-state index in [4.69, 9.17) is 4.74 Å². The van der Waals surface area contributed by atoms with E-state index < -0.39 is 30.0 Å². The summed E-state index contributed by atoms with van der Waals surface area (Å²) in [5, 5.41) is 2.39. The van der Waals surface area contributed by atoms with Crippen molar-refractivity contribution in [2.24, 2.45) is 0 Å². The molecule has 1 amide bonds. The van der Waals surface area contributed by atoms with E-state index in [2.05, 4.69) is 14.8 Å². The van der Waals surface area contributed by atoms with Gasteiger partial charge in [0.15, 0.2) is 18.4 Å². The Morgan fingerprint density at radius 1 is 1.06 bits per heavy atom. The number of Topliss-reactive ketones (excluding diaryl/α,β-unsaturated/α-hetero) is 1. The number of nitrogens with one attached hydrogen (secondary N) is 1. The topological polar surface area (TPSA) is 108 Å². The van der Waals surface area contributed by atoms with Crippen LogP contribution in [0.4, 0.5) is 4.79 Å². The lowest BCUT2D eigenvalue weighted by Gasteiger charge is -2.30. The van der Waals surface area contributed by atoms with Gasteiger partial charge in [-0.25, -0.2) is 9.59 Å². The maximum absolute atomic E-state index is 13.7. The molecule has 0 aliphatic rings. The number of alkyl carbamates (subject to hydrolysis) is 1. The van der Waals surface area contributed by atoms with Crippen LogP contribution >= 0.6 is 0 Å². The van der Waals surface area contributed by atoms with Gasteiger partial charge in [-0.1, -0.05) is 50.2 Å². The summed E-state index contributed by atoms with van der Waals surface area (Å²) in [5.41, 5.74) is -0.386. The van der Waals surface area contributed by atoms with E-state index >= 15 is 0 Å². The molecule has 0 aromatic heterocycles. The van der Waals surface area contributed by atoms with Crippen LogP contribution in [-0.2, 0) is 24.6 Å². The van der Waals surface area contributed by atoms with Gasteiger partial charge in [-0.2, -0.15) is 0 Å². The normalized spacial score (nSPS) is 12.4. The Bertz CT molecular complexity index is 1020. The number of benzene rings is 2. The van der Waals surface area contributed by atoms with Gasteiger partial charge in [-0.15, -0.1) is 0 Å². The van der Waals surface area contributed by atoms with Gasteiger partial charge < -0.3 is 14.2 Å². The van der Waals surface area contributed by atoms with Gasteiger partial charge in [0.25, 0.3) is 0 Å². The van der Waals surface area contributed by atoms with Crippen LogP contribution in [0.2, 0.25) is 0 Å². The van der Waals surface area contributed by atoms with Crippen molar-refractivity contribution in [2.45, 2.75) is 32.2 Å². The highest BCUT2D eigenvalue weighted by molar-refractivity contribution is 6.15. The van der Waals surface area contributed by atoms with Crippen molar-refractivity contribution in [3.8, 4) is 5.75 Å². The molecule has 2 aromatic carbocycles. The van der Waals surface area contributed by atoms with Crippen molar-refractivity contribution in [2.75, 3.05) is 20.8 Å². The Balaban J connectivity index is 2.75. The molecular weight excluding hydrogens is 414 g/mol. The molecule has 1 atom stereocenters. The fourth-order valence-corrected chi connectivity index (χ4v) is 3.18. The fraction of sp³-hybridized carbons (Fsp3) is 0.333. The molecule has 0 saturated carbocycles. The number of ether oxygens (including phenoxy) is 3. The summed E-state index contributed by atoms with van der Waals surface area (Å²) in [6, 6.07) is 11.6. The molecule has 0 bridgehead atoms. The number of esters is 1. The molecule has 1 N–H and O–H groups in total. The van der Waals surface area contributed by atoms with Gasteiger partial charge in [0.2, 0.25) is 5.78 Å². The quantitative estimate of drug-likeness (QED) is 0.275. The number of ketones is 1. The highest BCUT2D eigenvalue weighted by Gasteiger charge is 2.45. The zero-order valence-corrected chi connectivity index (χ0v) is 18.8. The monoisotopic (exact) mass is 441 g/mol. The maximum atomic E-state index is 13.7. The molecule has 2 rings (SSSR count). The molecule has 0 aliphatic heterocycles. The van der Waals surface area contributed by atoms with Crippen LogP contribution < -0.4 is 10.1 Å². The second kappa shape index (κ2) is 10.6. The van der Waals surface area contributed by atoms with Crippen LogP contribution in [0.3, 0.4) is 0 Å². The summed E-state index contributed by atoms with van der Waals surface area (Å²) in [6.45, 7) is 5.18. The lowest BCUT2D eigenvalue weighted by molar-refractivity contribution is -0.142. The highest BCUT2D eigenvalue weighted by Crippen LogP contribution is 2.35. The van der Waals surface area contributed by atoms with Crippen molar-refractivity contribution >= 4 is 24.1 Å². The molecule has 0 heterocycles. The fourth-order valence-electron chi connectivity index (χ4n) is 3.18. The molecule has 0 spiro atoms. The number of methoxy groups -OCH3 is 2. The van der Waals surface area contributed by atoms with Crippen molar-refractivity contribution < 1.29 is 33.4 Å². The summed E-state index contributed by atoms with van der Waals surface area (Å²) in [5.74, 6) is -1.13. The van der Waals surface area contributed by atoms with Gasteiger partial charge >= 0.3 is 12.1 Å². The molecule has 0 radical (unpaired) electrons. The Morgan fingerprint density at radius 3 is 2.31 bits per heavy atom. The zero-order valence-electron chi connectivity index (χ0n) is 18.8. The van der Waals surface area contributed by atoms with E-state index in [1.807, 2.05) is 13.8 Å². The van der Waals surface area contributed by atoms with Gasteiger partial charge in [-0.3, -0.25) is 14.9 Å². The van der Waals surface area contributed by atoms with Crippen LogP contribution in [-0.4, -0.2) is 45.0 Å². The zero-order chi connectivity index (χ0) is 23.9. The lowest BCUT2D eigenvalue weighted by atomic mass is 9.81. The first-order valence-electron chi connectivity index (χ1n) is 9.97. The van der Waals surface area contributed by atoms with Gasteiger partial charge in [0, 0.05) is 11.1 Å². The molecule has 0 fully saturated rings. The third kappa shape index (κ3) is 5.14. The minimum Gasteiger partial charge on any atom is -0.481 e. The first-order valence-corrected chi connectivity index (χ1v) is 9.97. The predicted molar refractivity (Wildman–Crippen MR) is 117 cm³/mol. The number of hydrogen-bond donors (Lipinski definition) is 1. The predicted octanol–water partition coefficient (Wildman–Crippen LogP) is 3.30. The summed E-state index contributed by atoms with van der Waals surface area (Å²) in [4.78, 5) is 50.1. The van der Waals surface area contributed by atoms with E-state index in [1.54, 1.807) is 43.3 Å². The summed E-state index contributed by atoms with van der Waals surface area (Å²) < 4.78 is 15.0. The molecular formula is C24H27NO7. The van der Waals surface area contributed by atoms with Crippen molar-refractivity contribution in [3.63, 3.8) is 0 Å². The van der Waals surface area contributed by atoms with Crippen LogP contribution in [0.25, 0.3) is 0 Å². The third-order valence-electron chi connectivity index (χ3n) is 5.08.